The van der Waals surface area contributed by atoms with Crippen molar-refractivity contribution in [2.45, 2.75) is 0 Å². The van der Waals surface area contributed by atoms with E-state index in [1.54, 1.807) is 24.6 Å². The molecule has 0 aliphatic rings. The second kappa shape index (κ2) is 3.89. The molecule has 0 fully saturated rings. The van der Waals surface area contributed by atoms with E-state index in [1.165, 1.54) is 11.3 Å². The van der Waals surface area contributed by atoms with Crippen molar-refractivity contribution >= 4 is 28.6 Å². The molecule has 2 rings (SSSR count). The molecule has 1 N–H and O–H groups in total. The molecule has 2 aromatic heterocycles. The van der Waals surface area contributed by atoms with E-state index in [0.29, 0.717) is 4.88 Å². The summed E-state index contributed by atoms with van der Waals surface area (Å²) in [6.07, 6.45) is 1.61. The van der Waals surface area contributed by atoms with Gasteiger partial charge >= 0.3 is 0 Å². The maximum atomic E-state index is 11.3. The predicted octanol–water partition coefficient (Wildman–Crippen LogP) is 2.23. The van der Waals surface area contributed by atoms with Gasteiger partial charge in [-0.2, -0.15) is 11.3 Å². The Kier molecular flexibility index (Phi) is 2.60. The highest BCUT2D eigenvalue weighted by molar-refractivity contribution is 7.17. The first-order chi connectivity index (χ1) is 6.81. The van der Waals surface area contributed by atoms with E-state index in [-0.39, 0.29) is 5.91 Å². The van der Waals surface area contributed by atoms with Gasteiger partial charge in [0.2, 0.25) is 0 Å². The maximum Gasteiger partial charge on any atom is 0.262 e. The third kappa shape index (κ3) is 1.69. The lowest BCUT2D eigenvalue weighted by molar-refractivity contribution is 0.0967. The van der Waals surface area contributed by atoms with E-state index in [1.807, 2.05) is 16.8 Å². The highest BCUT2D eigenvalue weighted by atomic mass is 32.1. The lowest BCUT2D eigenvalue weighted by Gasteiger charge is -1.91. The zero-order valence-electron chi connectivity index (χ0n) is 7.48. The quantitative estimate of drug-likeness (QED) is 0.850. The van der Waals surface area contributed by atoms with Crippen LogP contribution in [0.15, 0.2) is 23.0 Å². The molecule has 0 aliphatic carbocycles. The summed E-state index contributed by atoms with van der Waals surface area (Å²) in [5.41, 5.74) is 1.08. The molecule has 5 heteroatoms. The van der Waals surface area contributed by atoms with E-state index in [2.05, 4.69) is 10.3 Å². The average Bonchev–Trinajstić information content (AvgIpc) is 2.86. The predicted molar refractivity (Wildman–Crippen MR) is 58.8 cm³/mol. The van der Waals surface area contributed by atoms with Crippen LogP contribution >= 0.6 is 22.7 Å². The lowest BCUT2D eigenvalue weighted by atomic mass is 10.4. The van der Waals surface area contributed by atoms with Crippen molar-refractivity contribution in [3.05, 3.63) is 27.9 Å². The molecule has 0 bridgehead atoms. The second-order valence-electron chi connectivity index (χ2n) is 2.62. The minimum absolute atomic E-state index is 0.0796. The SMILES string of the molecule is CNC(=O)c1cnc(-c2ccsc2)s1. The Balaban J connectivity index is 2.31. The molecule has 0 aliphatic heterocycles. The maximum absolute atomic E-state index is 11.3. The van der Waals surface area contributed by atoms with Gasteiger partial charge in [-0.05, 0) is 11.4 Å². The minimum atomic E-state index is -0.0796. The number of thiophene rings is 1. The molecule has 72 valence electrons. The average molecular weight is 224 g/mol. The summed E-state index contributed by atoms with van der Waals surface area (Å²) in [6.45, 7) is 0. The van der Waals surface area contributed by atoms with E-state index >= 15 is 0 Å². The first kappa shape index (κ1) is 9.36. The van der Waals surface area contributed by atoms with Crippen LogP contribution in [0.25, 0.3) is 10.6 Å². The Morgan fingerprint density at radius 1 is 1.57 bits per heavy atom. The van der Waals surface area contributed by atoms with Gasteiger partial charge < -0.3 is 5.32 Å². The standard InChI is InChI=1S/C9H8N2OS2/c1-10-8(12)7-4-11-9(14-7)6-2-3-13-5-6/h2-5H,1H3,(H,10,12). The van der Waals surface area contributed by atoms with Crippen LogP contribution in [-0.2, 0) is 0 Å². The van der Waals surface area contributed by atoms with Gasteiger partial charge in [0.25, 0.3) is 5.91 Å². The van der Waals surface area contributed by atoms with Gasteiger partial charge in [-0.1, -0.05) is 0 Å². The Labute approximate surface area is 89.4 Å². The molecule has 1 amide bonds. The lowest BCUT2D eigenvalue weighted by Crippen LogP contribution is -2.16. The van der Waals surface area contributed by atoms with Crippen LogP contribution in [0.1, 0.15) is 9.67 Å². The molecule has 0 atom stereocenters. The number of aromatic nitrogens is 1. The molecule has 3 nitrogen and oxygen atoms in total. The Morgan fingerprint density at radius 2 is 2.43 bits per heavy atom. The summed E-state index contributed by atoms with van der Waals surface area (Å²) in [4.78, 5) is 16.1. The monoisotopic (exact) mass is 224 g/mol. The summed E-state index contributed by atoms with van der Waals surface area (Å²) in [5, 5.41) is 7.48. The molecular formula is C9H8N2OS2. The van der Waals surface area contributed by atoms with Crippen molar-refractivity contribution in [1.29, 1.82) is 0 Å². The number of carbonyl (C=O) groups excluding carboxylic acids is 1. The fourth-order valence-electron chi connectivity index (χ4n) is 1.02. The molecule has 14 heavy (non-hydrogen) atoms. The summed E-state index contributed by atoms with van der Waals surface area (Å²) >= 11 is 3.03. The van der Waals surface area contributed by atoms with Gasteiger partial charge in [-0.3, -0.25) is 4.79 Å². The topological polar surface area (TPSA) is 42.0 Å². The number of hydrogen-bond donors (Lipinski definition) is 1. The van der Waals surface area contributed by atoms with Crippen molar-refractivity contribution in [2.75, 3.05) is 7.05 Å². The molecule has 0 saturated heterocycles. The van der Waals surface area contributed by atoms with Crippen molar-refractivity contribution in [1.82, 2.24) is 10.3 Å². The largest absolute Gasteiger partial charge is 0.354 e. The number of nitrogens with one attached hydrogen (secondary N) is 1. The van der Waals surface area contributed by atoms with Crippen molar-refractivity contribution in [3.63, 3.8) is 0 Å². The minimum Gasteiger partial charge on any atom is -0.354 e. The van der Waals surface area contributed by atoms with E-state index < -0.39 is 0 Å². The first-order valence-corrected chi connectivity index (χ1v) is 5.77. The van der Waals surface area contributed by atoms with Gasteiger partial charge in [-0.15, -0.1) is 11.3 Å². The fourth-order valence-corrected chi connectivity index (χ4v) is 2.60. The van der Waals surface area contributed by atoms with E-state index in [9.17, 15) is 4.79 Å². The van der Waals surface area contributed by atoms with Gasteiger partial charge in [0.15, 0.2) is 0 Å². The summed E-state index contributed by atoms with van der Waals surface area (Å²) in [5.74, 6) is -0.0796. The highest BCUT2D eigenvalue weighted by Crippen LogP contribution is 2.26. The first-order valence-electron chi connectivity index (χ1n) is 4.01. The van der Waals surface area contributed by atoms with Gasteiger partial charge in [0.05, 0.1) is 6.20 Å². The number of thiazole rings is 1. The molecule has 0 radical (unpaired) electrons. The molecule has 0 aromatic carbocycles. The second-order valence-corrected chi connectivity index (χ2v) is 4.43. The highest BCUT2D eigenvalue weighted by Gasteiger charge is 2.09. The van der Waals surface area contributed by atoms with Crippen LogP contribution in [0.2, 0.25) is 0 Å². The van der Waals surface area contributed by atoms with Gasteiger partial charge in [0.1, 0.15) is 9.88 Å². The van der Waals surface area contributed by atoms with Crippen LogP contribution < -0.4 is 5.32 Å². The molecule has 0 saturated carbocycles. The van der Waals surface area contributed by atoms with Crippen molar-refractivity contribution in [3.8, 4) is 10.6 Å². The van der Waals surface area contributed by atoms with Crippen LogP contribution in [0.3, 0.4) is 0 Å². The van der Waals surface area contributed by atoms with Crippen LogP contribution in [0, 0.1) is 0 Å². The van der Waals surface area contributed by atoms with Crippen molar-refractivity contribution in [2.24, 2.45) is 0 Å². The van der Waals surface area contributed by atoms with Crippen LogP contribution in [-0.4, -0.2) is 17.9 Å². The Morgan fingerprint density at radius 3 is 3.07 bits per heavy atom. The number of nitrogens with zero attached hydrogens (tertiary/aromatic N) is 1. The molecule has 0 spiro atoms. The van der Waals surface area contributed by atoms with Crippen LogP contribution in [0.4, 0.5) is 0 Å². The summed E-state index contributed by atoms with van der Waals surface area (Å²) in [7, 11) is 1.62. The summed E-state index contributed by atoms with van der Waals surface area (Å²) < 4.78 is 0. The van der Waals surface area contributed by atoms with E-state index in [4.69, 9.17) is 0 Å². The molecular weight excluding hydrogens is 216 g/mol. The van der Waals surface area contributed by atoms with Gasteiger partial charge in [0, 0.05) is 18.0 Å². The molecule has 2 aromatic rings. The summed E-state index contributed by atoms with van der Waals surface area (Å²) in [6, 6.07) is 2.00. The molecule has 2 heterocycles. The Hall–Kier alpha value is -1.20. The number of amides is 1. The van der Waals surface area contributed by atoms with Crippen LogP contribution in [0.5, 0.6) is 0 Å². The van der Waals surface area contributed by atoms with Crippen molar-refractivity contribution < 1.29 is 4.79 Å². The van der Waals surface area contributed by atoms with E-state index in [0.717, 1.165) is 10.6 Å². The normalized spacial score (nSPS) is 10.1. The number of hydrogen-bond acceptors (Lipinski definition) is 4. The Bertz CT molecular complexity index is 433. The molecule has 0 unspecified atom stereocenters. The smallest absolute Gasteiger partial charge is 0.262 e. The fraction of sp³-hybridized carbons (Fsp3) is 0.111. The van der Waals surface area contributed by atoms with Gasteiger partial charge in [-0.25, -0.2) is 4.98 Å². The zero-order valence-corrected chi connectivity index (χ0v) is 9.11. The zero-order chi connectivity index (χ0) is 9.97. The third-order valence-corrected chi connectivity index (χ3v) is 3.45. The third-order valence-electron chi connectivity index (χ3n) is 1.72. The number of rotatable bonds is 2. The number of carbonyl (C=O) groups is 1.